The van der Waals surface area contributed by atoms with Gasteiger partial charge in [-0.1, -0.05) is 65.3 Å². The van der Waals surface area contributed by atoms with E-state index in [1.165, 1.54) is 11.6 Å². The fraction of sp³-hybridized carbons (Fsp3) is 0.160. The molecule has 0 aliphatic rings. The Bertz CT molecular complexity index is 1190. The zero-order valence-electron chi connectivity index (χ0n) is 17.5. The number of ether oxygens (including phenoxy) is 1. The number of carbonyl (C=O) groups excluding carboxylic acids is 1. The maximum absolute atomic E-state index is 12.2. The van der Waals surface area contributed by atoms with E-state index >= 15 is 0 Å². The Labute approximate surface area is 180 Å². The maximum atomic E-state index is 12.2. The Hall–Kier alpha value is -3.93. The first-order valence-electron chi connectivity index (χ1n) is 10.0. The fourth-order valence-corrected chi connectivity index (χ4v) is 3.18. The minimum Gasteiger partial charge on any atom is -0.456 e. The van der Waals surface area contributed by atoms with Crippen LogP contribution in [0.3, 0.4) is 0 Å². The highest BCUT2D eigenvalue weighted by Crippen LogP contribution is 2.23. The summed E-state index contributed by atoms with van der Waals surface area (Å²) in [6.07, 6.45) is 5.08. The SMILES string of the molecule is Cc1ccc(Cn2cc(/C=C/C(=O)OCc3cc(C)on3)c(-c3ccccc3)n2)cc1. The van der Waals surface area contributed by atoms with Gasteiger partial charge in [0.1, 0.15) is 18.1 Å². The van der Waals surface area contributed by atoms with Crippen LogP contribution in [-0.4, -0.2) is 20.9 Å². The average Bonchev–Trinajstić information content (AvgIpc) is 3.39. The zero-order chi connectivity index (χ0) is 21.6. The van der Waals surface area contributed by atoms with Crippen molar-refractivity contribution in [1.82, 2.24) is 14.9 Å². The molecule has 0 amide bonds. The molecule has 0 unspecified atom stereocenters. The molecule has 0 saturated heterocycles. The summed E-state index contributed by atoms with van der Waals surface area (Å²) in [5.41, 5.74) is 5.59. The Morgan fingerprint density at radius 2 is 1.87 bits per heavy atom. The zero-order valence-corrected chi connectivity index (χ0v) is 17.5. The lowest BCUT2D eigenvalue weighted by Crippen LogP contribution is -2.00. The lowest BCUT2D eigenvalue weighted by atomic mass is 10.1. The molecule has 6 heteroatoms. The molecule has 2 aromatic heterocycles. The number of nitrogens with zero attached hydrogens (tertiary/aromatic N) is 3. The van der Waals surface area contributed by atoms with E-state index in [0.717, 1.165) is 22.4 Å². The van der Waals surface area contributed by atoms with E-state index in [4.69, 9.17) is 14.4 Å². The molecule has 31 heavy (non-hydrogen) atoms. The summed E-state index contributed by atoms with van der Waals surface area (Å²) in [4.78, 5) is 12.2. The van der Waals surface area contributed by atoms with E-state index in [0.29, 0.717) is 18.0 Å². The summed E-state index contributed by atoms with van der Waals surface area (Å²) in [7, 11) is 0. The van der Waals surface area contributed by atoms with Crippen LogP contribution in [0.25, 0.3) is 17.3 Å². The smallest absolute Gasteiger partial charge is 0.331 e. The number of hydrogen-bond donors (Lipinski definition) is 0. The summed E-state index contributed by atoms with van der Waals surface area (Å²) in [6.45, 7) is 4.57. The van der Waals surface area contributed by atoms with Crippen molar-refractivity contribution in [2.75, 3.05) is 0 Å². The second-order valence-electron chi connectivity index (χ2n) is 7.35. The van der Waals surface area contributed by atoms with Crippen molar-refractivity contribution in [1.29, 1.82) is 0 Å². The van der Waals surface area contributed by atoms with Gasteiger partial charge in [-0.2, -0.15) is 5.10 Å². The van der Waals surface area contributed by atoms with E-state index in [-0.39, 0.29) is 6.61 Å². The number of aryl methyl sites for hydroxylation is 2. The number of rotatable bonds is 7. The molecule has 0 fully saturated rings. The third-order valence-corrected chi connectivity index (χ3v) is 4.74. The molecule has 4 rings (SSSR count). The first-order valence-corrected chi connectivity index (χ1v) is 10.0. The van der Waals surface area contributed by atoms with Gasteiger partial charge in [0.15, 0.2) is 0 Å². The summed E-state index contributed by atoms with van der Waals surface area (Å²) >= 11 is 0. The van der Waals surface area contributed by atoms with E-state index in [2.05, 4.69) is 36.3 Å². The third-order valence-electron chi connectivity index (χ3n) is 4.74. The Balaban J connectivity index is 1.53. The molecule has 0 aliphatic heterocycles. The largest absolute Gasteiger partial charge is 0.456 e. The highest BCUT2D eigenvalue weighted by molar-refractivity contribution is 5.88. The van der Waals surface area contributed by atoms with E-state index in [9.17, 15) is 4.79 Å². The standard InChI is InChI=1S/C25H23N3O3/c1-18-8-10-20(11-9-18)15-28-16-22(25(26-28)21-6-4-3-5-7-21)12-13-24(29)30-17-23-14-19(2)31-27-23/h3-14,16H,15,17H2,1-2H3/b13-12+. The van der Waals surface area contributed by atoms with Crippen molar-refractivity contribution < 1.29 is 14.1 Å². The molecular weight excluding hydrogens is 390 g/mol. The third kappa shape index (κ3) is 5.36. The molecular formula is C25H23N3O3. The van der Waals surface area contributed by atoms with Crippen molar-refractivity contribution in [2.24, 2.45) is 0 Å². The lowest BCUT2D eigenvalue weighted by molar-refractivity contribution is -0.139. The van der Waals surface area contributed by atoms with Crippen LogP contribution >= 0.6 is 0 Å². The molecule has 2 aromatic carbocycles. The summed E-state index contributed by atoms with van der Waals surface area (Å²) in [5, 5.41) is 8.58. The van der Waals surface area contributed by atoms with Gasteiger partial charge in [0.2, 0.25) is 0 Å². The van der Waals surface area contributed by atoms with E-state index in [1.54, 1.807) is 19.1 Å². The highest BCUT2D eigenvalue weighted by Gasteiger charge is 2.11. The van der Waals surface area contributed by atoms with E-state index in [1.807, 2.05) is 41.2 Å². The van der Waals surface area contributed by atoms with Gasteiger partial charge in [0.05, 0.1) is 12.2 Å². The minimum absolute atomic E-state index is 0.0682. The highest BCUT2D eigenvalue weighted by atomic mass is 16.5. The van der Waals surface area contributed by atoms with Gasteiger partial charge in [-0.25, -0.2) is 4.79 Å². The van der Waals surface area contributed by atoms with Crippen LogP contribution in [0.1, 0.15) is 28.1 Å². The summed E-state index contributed by atoms with van der Waals surface area (Å²) in [5.74, 6) is 0.223. The molecule has 0 spiro atoms. The van der Waals surface area contributed by atoms with Crippen LogP contribution < -0.4 is 0 Å². The predicted molar refractivity (Wildman–Crippen MR) is 118 cm³/mol. The second-order valence-corrected chi connectivity index (χ2v) is 7.35. The van der Waals surface area contributed by atoms with Gasteiger partial charge in [-0.15, -0.1) is 0 Å². The van der Waals surface area contributed by atoms with Gasteiger partial charge in [-0.3, -0.25) is 4.68 Å². The molecule has 0 bridgehead atoms. The molecule has 156 valence electrons. The number of hydrogen-bond acceptors (Lipinski definition) is 5. The molecule has 0 saturated carbocycles. The van der Waals surface area contributed by atoms with Crippen molar-refractivity contribution in [3.05, 3.63) is 101 Å². The van der Waals surface area contributed by atoms with Gasteiger partial charge in [0.25, 0.3) is 0 Å². The Kier molecular flexibility index (Phi) is 6.08. The Morgan fingerprint density at radius 3 is 2.58 bits per heavy atom. The molecule has 0 N–H and O–H groups in total. The predicted octanol–water partition coefficient (Wildman–Crippen LogP) is 4.96. The summed E-state index contributed by atoms with van der Waals surface area (Å²) < 4.78 is 12.1. The maximum Gasteiger partial charge on any atom is 0.331 e. The number of benzene rings is 2. The molecule has 0 atom stereocenters. The second kappa shape index (κ2) is 9.26. The van der Waals surface area contributed by atoms with Crippen LogP contribution in [0, 0.1) is 13.8 Å². The van der Waals surface area contributed by atoms with Crippen LogP contribution in [-0.2, 0) is 22.7 Å². The van der Waals surface area contributed by atoms with Crippen LogP contribution in [0.5, 0.6) is 0 Å². The average molecular weight is 413 g/mol. The topological polar surface area (TPSA) is 70.2 Å². The molecule has 4 aromatic rings. The lowest BCUT2D eigenvalue weighted by Gasteiger charge is -2.02. The van der Waals surface area contributed by atoms with Crippen LogP contribution in [0.2, 0.25) is 0 Å². The van der Waals surface area contributed by atoms with Gasteiger partial charge >= 0.3 is 5.97 Å². The summed E-state index contributed by atoms with van der Waals surface area (Å²) in [6, 6.07) is 20.0. The molecule has 0 aliphatic carbocycles. The normalized spacial score (nSPS) is 11.2. The first-order chi connectivity index (χ1) is 15.1. The van der Waals surface area contributed by atoms with Crippen molar-refractivity contribution in [3.63, 3.8) is 0 Å². The monoisotopic (exact) mass is 413 g/mol. The molecule has 6 nitrogen and oxygen atoms in total. The molecule has 0 radical (unpaired) electrons. The van der Waals surface area contributed by atoms with E-state index < -0.39 is 5.97 Å². The van der Waals surface area contributed by atoms with Crippen molar-refractivity contribution >= 4 is 12.0 Å². The number of aromatic nitrogens is 3. The fourth-order valence-electron chi connectivity index (χ4n) is 3.18. The quantitative estimate of drug-likeness (QED) is 0.316. The van der Waals surface area contributed by atoms with Gasteiger partial charge in [-0.05, 0) is 25.5 Å². The number of esters is 1. The van der Waals surface area contributed by atoms with Crippen LogP contribution in [0.15, 0.2) is 77.5 Å². The Morgan fingerprint density at radius 1 is 1.10 bits per heavy atom. The van der Waals surface area contributed by atoms with Crippen molar-refractivity contribution in [2.45, 2.75) is 27.0 Å². The number of carbonyl (C=O) groups is 1. The van der Waals surface area contributed by atoms with Gasteiger partial charge in [0, 0.05) is 29.5 Å². The minimum atomic E-state index is -0.453. The van der Waals surface area contributed by atoms with Gasteiger partial charge < -0.3 is 9.26 Å². The molecule has 2 heterocycles. The van der Waals surface area contributed by atoms with Crippen LogP contribution in [0.4, 0.5) is 0 Å². The first kappa shape index (κ1) is 20.3. The van der Waals surface area contributed by atoms with Crippen molar-refractivity contribution in [3.8, 4) is 11.3 Å².